The number of rotatable bonds is 1. The second-order valence-electron chi connectivity index (χ2n) is 3.87. The molecule has 86 valence electrons. The Morgan fingerprint density at radius 3 is 3.00 bits per heavy atom. The first-order valence-electron chi connectivity index (χ1n) is 5.28. The van der Waals surface area contributed by atoms with Crippen LogP contribution < -0.4 is 5.32 Å². The van der Waals surface area contributed by atoms with Gasteiger partial charge in [0.2, 0.25) is 0 Å². The molecule has 0 radical (unpaired) electrons. The van der Waals surface area contributed by atoms with Gasteiger partial charge in [0, 0.05) is 3.92 Å². The Balaban J connectivity index is 2.26. The van der Waals surface area contributed by atoms with E-state index in [-0.39, 0.29) is 12.1 Å². The monoisotopic (exact) mass is 331 g/mol. The predicted octanol–water partition coefficient (Wildman–Crippen LogP) is 2.83. The molecule has 1 aromatic carbocycles. The first-order valence-corrected chi connectivity index (χ1v) is 6.53. The minimum Gasteiger partial charge on any atom is -0.453 e. The molecule has 4 heteroatoms. The number of alkyl carbamates (subject to hydrolysis) is 1. The second kappa shape index (κ2) is 5.03. The standard InChI is InChI=1S/C12H14INO2/c1-16-12(15)14-11-9-5-3-2-4-8(9)6-7-10(11)13/h2-5,10-11H,6-7H2,1H3,(H,14,15)/t10-,11-/m0/s1. The van der Waals surface area contributed by atoms with E-state index in [0.717, 1.165) is 12.8 Å². The van der Waals surface area contributed by atoms with Gasteiger partial charge in [-0.3, -0.25) is 0 Å². The van der Waals surface area contributed by atoms with Crippen LogP contribution in [0.25, 0.3) is 0 Å². The van der Waals surface area contributed by atoms with Gasteiger partial charge in [-0.05, 0) is 24.0 Å². The first kappa shape index (κ1) is 11.7. The van der Waals surface area contributed by atoms with Crippen LogP contribution >= 0.6 is 22.6 Å². The van der Waals surface area contributed by atoms with E-state index in [1.165, 1.54) is 18.2 Å². The lowest BCUT2D eigenvalue weighted by Crippen LogP contribution is -2.36. The second-order valence-corrected chi connectivity index (χ2v) is 5.47. The molecule has 0 bridgehead atoms. The maximum atomic E-state index is 11.3. The lowest BCUT2D eigenvalue weighted by Gasteiger charge is -2.30. The number of methoxy groups -OCH3 is 1. The topological polar surface area (TPSA) is 38.3 Å². The molecule has 0 unspecified atom stereocenters. The van der Waals surface area contributed by atoms with Gasteiger partial charge in [-0.2, -0.15) is 0 Å². The Kier molecular flexibility index (Phi) is 3.68. The van der Waals surface area contributed by atoms with E-state index in [1.807, 2.05) is 12.1 Å². The van der Waals surface area contributed by atoms with E-state index in [9.17, 15) is 4.79 Å². The van der Waals surface area contributed by atoms with Gasteiger partial charge >= 0.3 is 6.09 Å². The number of aryl methyl sites for hydroxylation is 1. The number of hydrogen-bond donors (Lipinski definition) is 1. The molecule has 1 aliphatic rings. The molecule has 1 amide bonds. The van der Waals surface area contributed by atoms with Gasteiger partial charge in [0.1, 0.15) is 0 Å². The third-order valence-electron chi connectivity index (χ3n) is 2.90. The summed E-state index contributed by atoms with van der Waals surface area (Å²) < 4.78 is 5.09. The summed E-state index contributed by atoms with van der Waals surface area (Å²) in [6, 6.07) is 8.34. The van der Waals surface area contributed by atoms with Crippen molar-refractivity contribution in [2.75, 3.05) is 7.11 Å². The smallest absolute Gasteiger partial charge is 0.407 e. The quantitative estimate of drug-likeness (QED) is 0.635. The Morgan fingerprint density at radius 2 is 2.25 bits per heavy atom. The van der Waals surface area contributed by atoms with Gasteiger partial charge < -0.3 is 10.1 Å². The maximum Gasteiger partial charge on any atom is 0.407 e. The van der Waals surface area contributed by atoms with E-state index >= 15 is 0 Å². The summed E-state index contributed by atoms with van der Waals surface area (Å²) in [5, 5.41) is 2.91. The van der Waals surface area contributed by atoms with E-state index in [2.05, 4.69) is 44.8 Å². The third-order valence-corrected chi connectivity index (χ3v) is 4.24. The zero-order chi connectivity index (χ0) is 11.5. The normalized spacial score (nSPS) is 23.4. The number of carbonyl (C=O) groups excluding carboxylic acids is 1. The van der Waals surface area contributed by atoms with Crippen molar-refractivity contribution in [3.63, 3.8) is 0 Å². The molecule has 0 fully saturated rings. The highest BCUT2D eigenvalue weighted by atomic mass is 127. The number of benzene rings is 1. The number of fused-ring (bicyclic) bond motifs is 1. The highest BCUT2D eigenvalue weighted by Gasteiger charge is 2.28. The minimum atomic E-state index is -0.358. The molecule has 3 nitrogen and oxygen atoms in total. The zero-order valence-electron chi connectivity index (χ0n) is 9.07. The Bertz CT molecular complexity index is 394. The van der Waals surface area contributed by atoms with Gasteiger partial charge in [-0.1, -0.05) is 46.9 Å². The van der Waals surface area contributed by atoms with Crippen molar-refractivity contribution in [3.8, 4) is 0 Å². The summed E-state index contributed by atoms with van der Waals surface area (Å²) >= 11 is 2.40. The molecular weight excluding hydrogens is 317 g/mol. The molecule has 0 heterocycles. The van der Waals surface area contributed by atoms with Crippen LogP contribution in [-0.2, 0) is 11.2 Å². The van der Waals surface area contributed by atoms with Gasteiger partial charge in [0.25, 0.3) is 0 Å². The van der Waals surface area contributed by atoms with Crippen molar-refractivity contribution < 1.29 is 9.53 Å². The maximum absolute atomic E-state index is 11.3. The van der Waals surface area contributed by atoms with Crippen LogP contribution in [0.15, 0.2) is 24.3 Å². The van der Waals surface area contributed by atoms with Crippen LogP contribution in [0.3, 0.4) is 0 Å². The average Bonchev–Trinajstić information content (AvgIpc) is 2.32. The van der Waals surface area contributed by atoms with Crippen molar-refractivity contribution in [2.24, 2.45) is 0 Å². The molecule has 2 rings (SSSR count). The van der Waals surface area contributed by atoms with Gasteiger partial charge in [0.15, 0.2) is 0 Å². The third kappa shape index (κ3) is 2.31. The summed E-state index contributed by atoms with van der Waals surface area (Å²) in [4.78, 5) is 11.3. The van der Waals surface area contributed by atoms with Crippen molar-refractivity contribution >= 4 is 28.7 Å². The van der Waals surface area contributed by atoms with Crippen molar-refractivity contribution in [1.82, 2.24) is 5.32 Å². The Hall–Kier alpha value is -0.780. The van der Waals surface area contributed by atoms with Gasteiger partial charge in [0.05, 0.1) is 13.2 Å². The molecular formula is C12H14INO2. The lowest BCUT2D eigenvalue weighted by atomic mass is 9.88. The summed E-state index contributed by atoms with van der Waals surface area (Å²) in [6.45, 7) is 0. The Labute approximate surface area is 109 Å². The summed E-state index contributed by atoms with van der Waals surface area (Å²) in [5.74, 6) is 0. The van der Waals surface area contributed by atoms with E-state index in [1.54, 1.807) is 0 Å². The van der Waals surface area contributed by atoms with Crippen molar-refractivity contribution in [3.05, 3.63) is 35.4 Å². The van der Waals surface area contributed by atoms with Crippen LogP contribution in [0.4, 0.5) is 4.79 Å². The molecule has 2 atom stereocenters. The van der Waals surface area contributed by atoms with Crippen LogP contribution in [0.2, 0.25) is 0 Å². The predicted molar refractivity (Wildman–Crippen MR) is 70.9 cm³/mol. The summed E-state index contributed by atoms with van der Waals surface area (Å²) in [5.41, 5.74) is 2.55. The molecule has 0 aliphatic heterocycles. The van der Waals surface area contributed by atoms with E-state index < -0.39 is 0 Å². The molecule has 0 spiro atoms. The summed E-state index contributed by atoms with van der Waals surface area (Å²) in [7, 11) is 1.40. The molecule has 0 aromatic heterocycles. The zero-order valence-corrected chi connectivity index (χ0v) is 11.2. The highest BCUT2D eigenvalue weighted by molar-refractivity contribution is 14.1. The van der Waals surface area contributed by atoms with Crippen LogP contribution in [0.5, 0.6) is 0 Å². The van der Waals surface area contributed by atoms with Gasteiger partial charge in [-0.15, -0.1) is 0 Å². The van der Waals surface area contributed by atoms with Crippen LogP contribution in [0, 0.1) is 0 Å². The number of amides is 1. The number of carbonyl (C=O) groups is 1. The molecule has 0 saturated heterocycles. The van der Waals surface area contributed by atoms with Crippen LogP contribution in [0.1, 0.15) is 23.6 Å². The fourth-order valence-corrected chi connectivity index (χ4v) is 2.95. The fourth-order valence-electron chi connectivity index (χ4n) is 2.07. The summed E-state index contributed by atoms with van der Waals surface area (Å²) in [6.07, 6.45) is 1.82. The molecule has 1 aliphatic carbocycles. The first-order chi connectivity index (χ1) is 7.72. The molecule has 16 heavy (non-hydrogen) atoms. The Morgan fingerprint density at radius 1 is 1.50 bits per heavy atom. The number of ether oxygens (including phenoxy) is 1. The highest BCUT2D eigenvalue weighted by Crippen LogP contribution is 2.34. The lowest BCUT2D eigenvalue weighted by molar-refractivity contribution is 0.166. The minimum absolute atomic E-state index is 0.0676. The number of halogens is 1. The molecule has 0 saturated carbocycles. The van der Waals surface area contributed by atoms with Crippen molar-refractivity contribution in [2.45, 2.75) is 22.8 Å². The van der Waals surface area contributed by atoms with Gasteiger partial charge in [-0.25, -0.2) is 4.79 Å². The number of hydrogen-bond acceptors (Lipinski definition) is 2. The van der Waals surface area contributed by atoms with E-state index in [4.69, 9.17) is 0 Å². The average molecular weight is 331 g/mol. The molecule has 1 N–H and O–H groups in total. The fraction of sp³-hybridized carbons (Fsp3) is 0.417. The van der Waals surface area contributed by atoms with Crippen LogP contribution in [-0.4, -0.2) is 17.1 Å². The molecule has 1 aromatic rings. The van der Waals surface area contributed by atoms with Crippen molar-refractivity contribution in [1.29, 1.82) is 0 Å². The number of nitrogens with one attached hydrogen (secondary N) is 1. The largest absolute Gasteiger partial charge is 0.453 e. The van der Waals surface area contributed by atoms with E-state index in [0.29, 0.717) is 3.92 Å². The number of alkyl halides is 1. The SMILES string of the molecule is COC(=O)N[C@H]1c2ccccc2CC[C@@H]1I.